The summed E-state index contributed by atoms with van der Waals surface area (Å²) in [6.45, 7) is 3.19. The molecule has 2 heterocycles. The highest BCUT2D eigenvalue weighted by molar-refractivity contribution is 5.96. The smallest absolute Gasteiger partial charge is 0.254 e. The van der Waals surface area contributed by atoms with Crippen molar-refractivity contribution in [1.29, 1.82) is 0 Å². The number of amides is 1. The molecule has 1 aromatic heterocycles. The van der Waals surface area contributed by atoms with E-state index in [1.165, 1.54) is 10.9 Å². The molecule has 174 valence electrons. The number of nitrogens with one attached hydrogen (secondary N) is 1. The van der Waals surface area contributed by atoms with Gasteiger partial charge in [-0.3, -0.25) is 4.79 Å². The number of aromatic nitrogens is 1. The molecular formula is C28H28N2O4. The lowest BCUT2D eigenvalue weighted by molar-refractivity contribution is 0.0691. The number of hydrogen-bond acceptors (Lipinski definition) is 4. The van der Waals surface area contributed by atoms with Crippen LogP contribution in [-0.2, 0) is 6.42 Å². The van der Waals surface area contributed by atoms with Gasteiger partial charge in [-0.1, -0.05) is 30.3 Å². The predicted octanol–water partition coefficient (Wildman–Crippen LogP) is 5.37. The van der Waals surface area contributed by atoms with E-state index in [0.717, 1.165) is 28.9 Å². The molecule has 0 radical (unpaired) electrons. The second kappa shape index (κ2) is 9.14. The van der Waals surface area contributed by atoms with E-state index in [2.05, 4.69) is 23.2 Å². The first-order valence-electron chi connectivity index (χ1n) is 11.5. The molecule has 34 heavy (non-hydrogen) atoms. The van der Waals surface area contributed by atoms with Crippen LogP contribution in [0.4, 0.5) is 0 Å². The summed E-state index contributed by atoms with van der Waals surface area (Å²) in [4.78, 5) is 19.4. The third-order valence-electron chi connectivity index (χ3n) is 6.43. The number of H-pyrrole nitrogens is 1. The SMILES string of the molecule is CCOc1ccc([C@@H]2c3[nH]c4ccccc4c3CCN2C(=O)c2ccc(OC)c(OC)c2)cc1. The molecule has 1 amide bonds. The van der Waals surface area contributed by atoms with Gasteiger partial charge < -0.3 is 24.1 Å². The second-order valence-electron chi connectivity index (χ2n) is 8.29. The summed E-state index contributed by atoms with van der Waals surface area (Å²) in [5.41, 5.74) is 5.01. The zero-order valence-corrected chi connectivity index (χ0v) is 19.6. The van der Waals surface area contributed by atoms with Crippen molar-refractivity contribution in [2.24, 2.45) is 0 Å². The molecule has 6 nitrogen and oxygen atoms in total. The van der Waals surface area contributed by atoms with Gasteiger partial charge in [0, 0.05) is 28.7 Å². The maximum absolute atomic E-state index is 13.8. The van der Waals surface area contributed by atoms with Gasteiger partial charge in [0.05, 0.1) is 26.9 Å². The Labute approximate surface area is 199 Å². The Balaban J connectivity index is 1.60. The molecule has 1 N–H and O–H groups in total. The monoisotopic (exact) mass is 456 g/mol. The summed E-state index contributed by atoms with van der Waals surface area (Å²) in [6, 6.07) is 21.4. The van der Waals surface area contributed by atoms with E-state index in [0.29, 0.717) is 30.2 Å². The Kier molecular flexibility index (Phi) is 5.88. The fourth-order valence-electron chi connectivity index (χ4n) is 4.85. The molecule has 0 unspecified atom stereocenters. The summed E-state index contributed by atoms with van der Waals surface area (Å²) in [6.07, 6.45) is 0.784. The fraction of sp³-hybridized carbons (Fsp3) is 0.250. The minimum absolute atomic E-state index is 0.0517. The molecule has 0 aliphatic carbocycles. The van der Waals surface area contributed by atoms with E-state index in [1.807, 2.05) is 42.2 Å². The Morgan fingerprint density at radius 2 is 1.76 bits per heavy atom. The number of para-hydroxylation sites is 1. The lowest BCUT2D eigenvalue weighted by Gasteiger charge is -2.36. The van der Waals surface area contributed by atoms with Gasteiger partial charge in [0.25, 0.3) is 5.91 Å². The molecule has 1 aliphatic rings. The molecule has 3 aromatic carbocycles. The molecule has 1 atom stereocenters. The van der Waals surface area contributed by atoms with Crippen LogP contribution >= 0.6 is 0 Å². The number of rotatable bonds is 6. The standard InChI is InChI=1S/C28H28N2O4/c1-4-34-20-12-9-18(10-13-20)27-26-22(21-7-5-6-8-23(21)29-26)15-16-30(27)28(31)19-11-14-24(32-2)25(17-19)33-3/h5-14,17,27,29H,4,15-16H2,1-3H3/t27-/m1/s1. The van der Waals surface area contributed by atoms with E-state index >= 15 is 0 Å². The lowest BCUT2D eigenvalue weighted by Crippen LogP contribution is -2.40. The maximum atomic E-state index is 13.8. The number of carbonyl (C=O) groups is 1. The van der Waals surface area contributed by atoms with Crippen LogP contribution in [0.15, 0.2) is 66.7 Å². The van der Waals surface area contributed by atoms with Crippen LogP contribution in [0, 0.1) is 0 Å². The van der Waals surface area contributed by atoms with E-state index in [4.69, 9.17) is 14.2 Å². The molecule has 5 rings (SSSR count). The summed E-state index contributed by atoms with van der Waals surface area (Å²) in [5.74, 6) is 1.90. The average Bonchev–Trinajstić information content (AvgIpc) is 3.27. The van der Waals surface area contributed by atoms with Crippen LogP contribution in [0.1, 0.15) is 40.1 Å². The normalized spacial score (nSPS) is 15.1. The van der Waals surface area contributed by atoms with Gasteiger partial charge in [-0.15, -0.1) is 0 Å². The van der Waals surface area contributed by atoms with Crippen LogP contribution in [0.3, 0.4) is 0 Å². The minimum atomic E-state index is -0.243. The first-order valence-corrected chi connectivity index (χ1v) is 11.5. The van der Waals surface area contributed by atoms with Gasteiger partial charge in [0.1, 0.15) is 5.75 Å². The third kappa shape index (κ3) is 3.75. The lowest BCUT2D eigenvalue weighted by atomic mass is 9.91. The van der Waals surface area contributed by atoms with Crippen molar-refractivity contribution in [3.63, 3.8) is 0 Å². The number of methoxy groups -OCH3 is 2. The van der Waals surface area contributed by atoms with E-state index in [-0.39, 0.29) is 11.9 Å². The van der Waals surface area contributed by atoms with Crippen molar-refractivity contribution in [2.45, 2.75) is 19.4 Å². The molecular weight excluding hydrogens is 428 g/mol. The Morgan fingerprint density at radius 1 is 1.00 bits per heavy atom. The molecule has 6 heteroatoms. The summed E-state index contributed by atoms with van der Waals surface area (Å²) < 4.78 is 16.4. The third-order valence-corrected chi connectivity index (χ3v) is 6.43. The molecule has 0 fully saturated rings. The van der Waals surface area contributed by atoms with Gasteiger partial charge in [-0.2, -0.15) is 0 Å². The summed E-state index contributed by atoms with van der Waals surface area (Å²) in [7, 11) is 3.16. The van der Waals surface area contributed by atoms with Crippen molar-refractivity contribution in [3.8, 4) is 17.2 Å². The van der Waals surface area contributed by atoms with Gasteiger partial charge in [0.2, 0.25) is 0 Å². The topological polar surface area (TPSA) is 63.8 Å². The number of carbonyl (C=O) groups excluding carboxylic acids is 1. The number of aromatic amines is 1. The highest BCUT2D eigenvalue weighted by Gasteiger charge is 2.35. The second-order valence-corrected chi connectivity index (χ2v) is 8.29. The molecule has 0 saturated heterocycles. The van der Waals surface area contributed by atoms with Crippen molar-refractivity contribution in [2.75, 3.05) is 27.4 Å². The van der Waals surface area contributed by atoms with E-state index in [1.54, 1.807) is 32.4 Å². The molecule has 1 aliphatic heterocycles. The Hall–Kier alpha value is -3.93. The number of benzene rings is 3. The maximum Gasteiger partial charge on any atom is 0.254 e. The van der Waals surface area contributed by atoms with Crippen molar-refractivity contribution < 1.29 is 19.0 Å². The van der Waals surface area contributed by atoms with Gasteiger partial charge >= 0.3 is 0 Å². The number of fused-ring (bicyclic) bond motifs is 3. The Bertz CT molecular complexity index is 1330. The summed E-state index contributed by atoms with van der Waals surface area (Å²) >= 11 is 0. The van der Waals surface area contributed by atoms with Crippen LogP contribution in [-0.4, -0.2) is 43.2 Å². The first kappa shape index (κ1) is 21.9. The van der Waals surface area contributed by atoms with Crippen molar-refractivity contribution in [3.05, 3.63) is 89.1 Å². The zero-order valence-electron chi connectivity index (χ0n) is 19.6. The zero-order chi connectivity index (χ0) is 23.7. The van der Waals surface area contributed by atoms with Gasteiger partial charge in [0.15, 0.2) is 11.5 Å². The molecule has 4 aromatic rings. The number of nitrogens with zero attached hydrogens (tertiary/aromatic N) is 1. The van der Waals surface area contributed by atoms with Crippen molar-refractivity contribution >= 4 is 16.8 Å². The van der Waals surface area contributed by atoms with E-state index < -0.39 is 0 Å². The number of hydrogen-bond donors (Lipinski definition) is 1. The van der Waals surface area contributed by atoms with Gasteiger partial charge in [-0.25, -0.2) is 0 Å². The minimum Gasteiger partial charge on any atom is -0.494 e. The molecule has 0 bridgehead atoms. The largest absolute Gasteiger partial charge is 0.494 e. The van der Waals surface area contributed by atoms with Gasteiger partial charge in [-0.05, 0) is 60.9 Å². The van der Waals surface area contributed by atoms with Crippen LogP contribution in [0.5, 0.6) is 17.2 Å². The summed E-state index contributed by atoms with van der Waals surface area (Å²) in [5, 5.41) is 1.21. The van der Waals surface area contributed by atoms with Crippen molar-refractivity contribution in [1.82, 2.24) is 9.88 Å². The van der Waals surface area contributed by atoms with Crippen LogP contribution in [0.25, 0.3) is 10.9 Å². The fourth-order valence-corrected chi connectivity index (χ4v) is 4.85. The van der Waals surface area contributed by atoms with Crippen LogP contribution < -0.4 is 14.2 Å². The first-order chi connectivity index (χ1) is 16.6. The van der Waals surface area contributed by atoms with E-state index in [9.17, 15) is 4.79 Å². The number of ether oxygens (including phenoxy) is 3. The Morgan fingerprint density at radius 3 is 2.50 bits per heavy atom. The average molecular weight is 457 g/mol. The molecule has 0 saturated carbocycles. The quantitative estimate of drug-likeness (QED) is 0.424. The highest BCUT2D eigenvalue weighted by atomic mass is 16.5. The predicted molar refractivity (Wildman–Crippen MR) is 132 cm³/mol. The highest BCUT2D eigenvalue weighted by Crippen LogP contribution is 2.40. The molecule has 0 spiro atoms. The van der Waals surface area contributed by atoms with Crippen LogP contribution in [0.2, 0.25) is 0 Å².